The average molecular weight is 310 g/mol. The molecule has 1 aliphatic carbocycles. The number of hydrogen-bond donors (Lipinski definition) is 2. The van der Waals surface area contributed by atoms with Crippen LogP contribution in [0.25, 0.3) is 11.1 Å². The van der Waals surface area contributed by atoms with Crippen LogP contribution in [0.2, 0.25) is 0 Å². The monoisotopic (exact) mass is 309 g/mol. The molecule has 6 heteroatoms. The Hall–Kier alpha value is -1.59. The van der Waals surface area contributed by atoms with Gasteiger partial charge in [-0.05, 0) is 38.0 Å². The van der Waals surface area contributed by atoms with Crippen molar-refractivity contribution >= 4 is 35.1 Å². The third-order valence-electron chi connectivity index (χ3n) is 3.80. The first-order valence-corrected chi connectivity index (χ1v) is 7.01. The Balaban J connectivity index is 0.00000161. The van der Waals surface area contributed by atoms with Crippen molar-refractivity contribution in [1.82, 2.24) is 4.98 Å². The number of anilines is 1. The molecule has 0 radical (unpaired) electrons. The lowest BCUT2D eigenvalue weighted by molar-refractivity contribution is -0.119. The molecule has 0 spiro atoms. The molecule has 2 aromatic rings. The van der Waals surface area contributed by atoms with Gasteiger partial charge in [-0.1, -0.05) is 6.92 Å². The number of nitrogens with two attached hydrogens (primary N) is 1. The molecule has 1 aliphatic rings. The highest BCUT2D eigenvalue weighted by Crippen LogP contribution is 2.40. The van der Waals surface area contributed by atoms with Gasteiger partial charge in [-0.2, -0.15) is 0 Å². The number of halogens is 1. The number of benzene rings is 1. The van der Waals surface area contributed by atoms with Crippen molar-refractivity contribution in [2.75, 3.05) is 5.32 Å². The van der Waals surface area contributed by atoms with E-state index in [0.29, 0.717) is 5.92 Å². The van der Waals surface area contributed by atoms with Crippen molar-refractivity contribution in [1.29, 1.82) is 0 Å². The van der Waals surface area contributed by atoms with Gasteiger partial charge in [0.1, 0.15) is 5.52 Å². The number of nitrogens with one attached hydrogen (secondary N) is 1. The molecule has 21 heavy (non-hydrogen) atoms. The summed E-state index contributed by atoms with van der Waals surface area (Å²) in [5, 5.41) is 2.87. The van der Waals surface area contributed by atoms with Crippen LogP contribution < -0.4 is 11.1 Å². The quantitative estimate of drug-likeness (QED) is 0.909. The Morgan fingerprint density at radius 1 is 1.43 bits per heavy atom. The molecular formula is C15H20ClN3O2. The van der Waals surface area contributed by atoms with Crippen LogP contribution in [-0.2, 0) is 4.79 Å². The third kappa shape index (κ3) is 3.36. The molecule has 0 bridgehead atoms. The lowest BCUT2D eigenvalue weighted by atomic mass is 10.0. The largest absolute Gasteiger partial charge is 0.440 e. The van der Waals surface area contributed by atoms with Crippen molar-refractivity contribution < 1.29 is 9.21 Å². The predicted octanol–water partition coefficient (Wildman–Crippen LogP) is 3.05. The normalized spacial score (nSPS) is 17.1. The van der Waals surface area contributed by atoms with Gasteiger partial charge in [-0.15, -0.1) is 12.4 Å². The first-order valence-electron chi connectivity index (χ1n) is 7.01. The SMILES string of the molecule is CC(N)C(C)C(=O)Nc1ccc2oc(C3CC3)nc2c1.Cl. The van der Waals surface area contributed by atoms with E-state index in [1.54, 1.807) is 0 Å². The zero-order chi connectivity index (χ0) is 14.3. The van der Waals surface area contributed by atoms with E-state index in [4.69, 9.17) is 10.2 Å². The topological polar surface area (TPSA) is 81.2 Å². The zero-order valence-electron chi connectivity index (χ0n) is 12.1. The highest BCUT2D eigenvalue weighted by atomic mass is 35.5. The minimum Gasteiger partial charge on any atom is -0.440 e. The minimum atomic E-state index is -0.231. The molecule has 1 fully saturated rings. The molecule has 114 valence electrons. The van der Waals surface area contributed by atoms with Crippen molar-refractivity contribution in [3.8, 4) is 0 Å². The maximum Gasteiger partial charge on any atom is 0.228 e. The van der Waals surface area contributed by atoms with Crippen LogP contribution in [-0.4, -0.2) is 16.9 Å². The summed E-state index contributed by atoms with van der Waals surface area (Å²) in [6.45, 7) is 3.65. The molecule has 0 saturated heterocycles. The number of nitrogens with zero attached hydrogens (tertiary/aromatic N) is 1. The second kappa shape index (κ2) is 6.03. The van der Waals surface area contributed by atoms with E-state index in [2.05, 4.69) is 10.3 Å². The highest BCUT2D eigenvalue weighted by molar-refractivity contribution is 5.94. The van der Waals surface area contributed by atoms with E-state index in [9.17, 15) is 4.79 Å². The van der Waals surface area contributed by atoms with Gasteiger partial charge in [-0.25, -0.2) is 4.98 Å². The van der Waals surface area contributed by atoms with E-state index < -0.39 is 0 Å². The summed E-state index contributed by atoms with van der Waals surface area (Å²) in [4.78, 5) is 16.5. The molecule has 1 saturated carbocycles. The highest BCUT2D eigenvalue weighted by Gasteiger charge is 2.29. The van der Waals surface area contributed by atoms with Crippen LogP contribution >= 0.6 is 12.4 Å². The van der Waals surface area contributed by atoms with Gasteiger partial charge in [-0.3, -0.25) is 4.79 Å². The summed E-state index contributed by atoms with van der Waals surface area (Å²) in [6, 6.07) is 5.35. The number of aromatic nitrogens is 1. The maximum absolute atomic E-state index is 12.0. The minimum absolute atomic E-state index is 0. The van der Waals surface area contributed by atoms with E-state index >= 15 is 0 Å². The molecule has 1 aromatic heterocycles. The molecule has 3 rings (SSSR count). The molecule has 0 aliphatic heterocycles. The summed E-state index contributed by atoms with van der Waals surface area (Å²) >= 11 is 0. The van der Waals surface area contributed by atoms with Crippen LogP contribution in [0.15, 0.2) is 22.6 Å². The fourth-order valence-corrected chi connectivity index (χ4v) is 2.02. The zero-order valence-corrected chi connectivity index (χ0v) is 12.9. The first kappa shape index (κ1) is 15.8. The van der Waals surface area contributed by atoms with Gasteiger partial charge in [0.2, 0.25) is 5.91 Å². The average Bonchev–Trinajstić information content (AvgIpc) is 3.17. The van der Waals surface area contributed by atoms with Gasteiger partial charge in [0.25, 0.3) is 0 Å². The van der Waals surface area contributed by atoms with Gasteiger partial charge < -0.3 is 15.5 Å². The summed E-state index contributed by atoms with van der Waals surface area (Å²) < 4.78 is 5.69. The molecule has 1 aromatic carbocycles. The standard InChI is InChI=1S/C15H19N3O2.ClH/c1-8(9(2)16)14(19)17-11-5-6-13-12(7-11)18-15(20-13)10-3-4-10;/h5-10H,3-4,16H2,1-2H3,(H,17,19);1H. The van der Waals surface area contributed by atoms with Crippen LogP contribution in [0, 0.1) is 5.92 Å². The number of rotatable bonds is 4. The Kier molecular flexibility index (Phi) is 4.54. The maximum atomic E-state index is 12.0. The summed E-state index contributed by atoms with van der Waals surface area (Å²) in [5.41, 5.74) is 8.02. The second-order valence-electron chi connectivity index (χ2n) is 5.65. The van der Waals surface area contributed by atoms with E-state index in [-0.39, 0.29) is 30.3 Å². The molecular weight excluding hydrogens is 290 g/mol. The molecule has 1 heterocycles. The van der Waals surface area contributed by atoms with Crippen molar-refractivity contribution in [3.05, 3.63) is 24.1 Å². The number of carbonyl (C=O) groups is 1. The number of oxazole rings is 1. The Morgan fingerprint density at radius 2 is 2.14 bits per heavy atom. The van der Waals surface area contributed by atoms with E-state index in [1.807, 2.05) is 32.0 Å². The fraction of sp³-hybridized carbons (Fsp3) is 0.467. The van der Waals surface area contributed by atoms with E-state index in [0.717, 1.165) is 35.5 Å². The fourth-order valence-electron chi connectivity index (χ4n) is 2.02. The smallest absolute Gasteiger partial charge is 0.228 e. The van der Waals surface area contributed by atoms with Gasteiger partial charge in [0, 0.05) is 17.6 Å². The first-order chi connectivity index (χ1) is 9.54. The third-order valence-corrected chi connectivity index (χ3v) is 3.80. The molecule has 2 atom stereocenters. The second-order valence-corrected chi connectivity index (χ2v) is 5.65. The Labute approximate surface area is 129 Å². The number of carbonyl (C=O) groups excluding carboxylic acids is 1. The van der Waals surface area contributed by atoms with Crippen molar-refractivity contribution in [3.63, 3.8) is 0 Å². The van der Waals surface area contributed by atoms with Crippen molar-refractivity contribution in [2.24, 2.45) is 11.7 Å². The Bertz CT molecular complexity index is 649. The van der Waals surface area contributed by atoms with Crippen LogP contribution in [0.3, 0.4) is 0 Å². The molecule has 5 nitrogen and oxygen atoms in total. The van der Waals surface area contributed by atoms with Gasteiger partial charge >= 0.3 is 0 Å². The summed E-state index contributed by atoms with van der Waals surface area (Å²) in [7, 11) is 0. The number of fused-ring (bicyclic) bond motifs is 1. The van der Waals surface area contributed by atoms with Crippen molar-refractivity contribution in [2.45, 2.75) is 38.6 Å². The van der Waals surface area contributed by atoms with E-state index in [1.165, 1.54) is 0 Å². The van der Waals surface area contributed by atoms with Gasteiger partial charge in [0.05, 0.1) is 5.92 Å². The summed E-state index contributed by atoms with van der Waals surface area (Å²) in [5.74, 6) is 0.987. The Morgan fingerprint density at radius 3 is 2.76 bits per heavy atom. The molecule has 2 unspecified atom stereocenters. The van der Waals surface area contributed by atoms with Crippen LogP contribution in [0.4, 0.5) is 5.69 Å². The lowest BCUT2D eigenvalue weighted by Crippen LogP contribution is -2.34. The number of amides is 1. The lowest BCUT2D eigenvalue weighted by Gasteiger charge is -2.15. The van der Waals surface area contributed by atoms with Gasteiger partial charge in [0.15, 0.2) is 11.5 Å². The molecule has 1 amide bonds. The predicted molar refractivity (Wildman–Crippen MR) is 84.7 cm³/mol. The van der Waals surface area contributed by atoms with Crippen LogP contribution in [0.1, 0.15) is 38.5 Å². The number of hydrogen-bond acceptors (Lipinski definition) is 4. The van der Waals surface area contributed by atoms with Crippen LogP contribution in [0.5, 0.6) is 0 Å². The molecule has 3 N–H and O–H groups in total. The summed E-state index contributed by atoms with van der Waals surface area (Å²) in [6.07, 6.45) is 2.31.